The minimum absolute atomic E-state index is 0.0229. The second-order valence-corrected chi connectivity index (χ2v) is 6.63. The molecule has 2 unspecified atom stereocenters. The highest BCUT2D eigenvalue weighted by molar-refractivity contribution is 7.89. The molecule has 2 N–H and O–H groups in total. The topological polar surface area (TPSA) is 98.9 Å². The number of benzene rings is 1. The van der Waals surface area contributed by atoms with Crippen LogP contribution >= 0.6 is 0 Å². The number of methoxy groups -OCH3 is 1. The molecule has 116 valence electrons. The molecule has 0 aromatic heterocycles. The molecule has 0 aliphatic carbocycles. The number of primary sulfonamides is 1. The highest BCUT2D eigenvalue weighted by atomic mass is 32.2. The van der Waals surface area contributed by atoms with Gasteiger partial charge in [-0.2, -0.15) is 0 Å². The summed E-state index contributed by atoms with van der Waals surface area (Å²) < 4.78 is 33.2. The van der Waals surface area contributed by atoms with E-state index in [1.54, 1.807) is 0 Å². The van der Waals surface area contributed by atoms with Gasteiger partial charge >= 0.3 is 6.09 Å². The maximum atomic E-state index is 12.0. The molecule has 1 aliphatic heterocycles. The average Bonchev–Trinajstić information content (AvgIpc) is 2.90. The Kier molecular flexibility index (Phi) is 4.81. The van der Waals surface area contributed by atoms with Crippen molar-refractivity contribution in [3.8, 4) is 0 Å². The molecule has 1 aromatic carbocycles. The molecule has 8 heteroatoms. The minimum atomic E-state index is -3.77. The zero-order chi connectivity index (χ0) is 15.5. The van der Waals surface area contributed by atoms with Crippen molar-refractivity contribution in [1.29, 1.82) is 0 Å². The van der Waals surface area contributed by atoms with Crippen LogP contribution in [-0.4, -0.2) is 51.0 Å². The molecule has 1 saturated heterocycles. The second kappa shape index (κ2) is 6.42. The number of amides is 1. The molecule has 1 amide bonds. The summed E-state index contributed by atoms with van der Waals surface area (Å²) in [6.07, 6.45) is -1.21. The third-order valence-electron chi connectivity index (χ3n) is 3.40. The first-order valence-electron chi connectivity index (χ1n) is 6.42. The standard InChI is InChI=1S/C13H18N2O5S/c1-19-11-7-15(8-12(11)21(14,17)18)13(16)20-9-10-5-3-2-4-6-10/h2-6,11-12H,7-9H2,1H3,(H2,14,17,18). The first-order valence-corrected chi connectivity index (χ1v) is 8.03. The summed E-state index contributed by atoms with van der Waals surface area (Å²) in [6.45, 7) is 0.254. The Morgan fingerprint density at radius 2 is 2.00 bits per heavy atom. The van der Waals surface area contributed by atoms with Crippen molar-refractivity contribution in [2.75, 3.05) is 20.2 Å². The molecular weight excluding hydrogens is 296 g/mol. The van der Waals surface area contributed by atoms with Crippen LogP contribution in [0.15, 0.2) is 30.3 Å². The van der Waals surface area contributed by atoms with Crippen molar-refractivity contribution in [2.24, 2.45) is 5.14 Å². The monoisotopic (exact) mass is 314 g/mol. The summed E-state index contributed by atoms with van der Waals surface area (Å²) in [7, 11) is -2.38. The zero-order valence-corrected chi connectivity index (χ0v) is 12.5. The second-order valence-electron chi connectivity index (χ2n) is 4.85. The SMILES string of the molecule is COC1CN(C(=O)OCc2ccccc2)CC1S(N)(=O)=O. The van der Waals surface area contributed by atoms with E-state index in [1.165, 1.54) is 12.0 Å². The van der Waals surface area contributed by atoms with E-state index in [1.807, 2.05) is 30.3 Å². The van der Waals surface area contributed by atoms with Crippen molar-refractivity contribution in [1.82, 2.24) is 4.90 Å². The fourth-order valence-electron chi connectivity index (χ4n) is 2.25. The number of likely N-dealkylation sites (tertiary alicyclic amines) is 1. The number of sulfonamides is 1. The summed E-state index contributed by atoms with van der Waals surface area (Å²) in [5.74, 6) is 0. The molecule has 1 heterocycles. The number of ether oxygens (including phenoxy) is 2. The molecule has 2 atom stereocenters. The van der Waals surface area contributed by atoms with Crippen LogP contribution in [0.1, 0.15) is 5.56 Å². The van der Waals surface area contributed by atoms with Crippen LogP contribution in [0.2, 0.25) is 0 Å². The van der Waals surface area contributed by atoms with Gasteiger partial charge in [-0.1, -0.05) is 30.3 Å². The van der Waals surface area contributed by atoms with Gasteiger partial charge in [0.15, 0.2) is 0 Å². The number of carbonyl (C=O) groups is 1. The molecule has 1 fully saturated rings. The predicted octanol–water partition coefficient (Wildman–Crippen LogP) is 0.311. The van der Waals surface area contributed by atoms with Crippen LogP contribution in [0, 0.1) is 0 Å². The zero-order valence-electron chi connectivity index (χ0n) is 11.6. The van der Waals surface area contributed by atoms with E-state index in [0.717, 1.165) is 5.56 Å². The van der Waals surface area contributed by atoms with Gasteiger partial charge in [-0.25, -0.2) is 18.4 Å². The van der Waals surface area contributed by atoms with Crippen molar-refractivity contribution in [2.45, 2.75) is 18.0 Å². The van der Waals surface area contributed by atoms with E-state index < -0.39 is 27.5 Å². The number of rotatable bonds is 4. The fourth-order valence-corrected chi connectivity index (χ4v) is 3.25. The molecule has 2 rings (SSSR count). The smallest absolute Gasteiger partial charge is 0.410 e. The van der Waals surface area contributed by atoms with E-state index in [4.69, 9.17) is 14.6 Å². The molecule has 0 radical (unpaired) electrons. The van der Waals surface area contributed by atoms with Crippen LogP contribution in [0.5, 0.6) is 0 Å². The Bertz CT molecular complexity index is 590. The van der Waals surface area contributed by atoms with E-state index in [2.05, 4.69) is 0 Å². The minimum Gasteiger partial charge on any atom is -0.445 e. The van der Waals surface area contributed by atoms with Crippen molar-refractivity contribution < 1.29 is 22.7 Å². The summed E-state index contributed by atoms with van der Waals surface area (Å²) in [4.78, 5) is 13.3. The number of hydrogen-bond acceptors (Lipinski definition) is 5. The van der Waals surface area contributed by atoms with Crippen LogP contribution < -0.4 is 5.14 Å². The molecule has 7 nitrogen and oxygen atoms in total. The first-order chi connectivity index (χ1) is 9.91. The third-order valence-corrected chi connectivity index (χ3v) is 4.70. The predicted molar refractivity (Wildman–Crippen MR) is 75.9 cm³/mol. The summed E-state index contributed by atoms with van der Waals surface area (Å²) in [6, 6.07) is 9.23. The van der Waals surface area contributed by atoms with Crippen LogP contribution in [-0.2, 0) is 26.1 Å². The van der Waals surface area contributed by atoms with Gasteiger partial charge in [0, 0.05) is 13.7 Å². The van der Waals surface area contributed by atoms with Gasteiger partial charge in [0.2, 0.25) is 10.0 Å². The van der Waals surface area contributed by atoms with E-state index in [0.29, 0.717) is 0 Å². The fraction of sp³-hybridized carbons (Fsp3) is 0.462. The highest BCUT2D eigenvalue weighted by Crippen LogP contribution is 2.19. The van der Waals surface area contributed by atoms with E-state index in [-0.39, 0.29) is 19.7 Å². The molecule has 0 bridgehead atoms. The van der Waals surface area contributed by atoms with E-state index in [9.17, 15) is 13.2 Å². The van der Waals surface area contributed by atoms with Gasteiger partial charge in [0.05, 0.1) is 12.6 Å². The van der Waals surface area contributed by atoms with Crippen molar-refractivity contribution in [3.63, 3.8) is 0 Å². The van der Waals surface area contributed by atoms with Gasteiger partial charge in [0.1, 0.15) is 11.9 Å². The quantitative estimate of drug-likeness (QED) is 0.862. The van der Waals surface area contributed by atoms with Gasteiger partial charge < -0.3 is 14.4 Å². The van der Waals surface area contributed by atoms with Crippen LogP contribution in [0.3, 0.4) is 0 Å². The summed E-state index contributed by atoms with van der Waals surface area (Å²) in [5, 5.41) is 4.22. The number of hydrogen-bond donors (Lipinski definition) is 1. The lowest BCUT2D eigenvalue weighted by Gasteiger charge is -2.15. The molecule has 0 saturated carbocycles. The van der Waals surface area contributed by atoms with Crippen LogP contribution in [0.25, 0.3) is 0 Å². The molecule has 0 spiro atoms. The Labute approximate surface area is 123 Å². The largest absolute Gasteiger partial charge is 0.445 e. The van der Waals surface area contributed by atoms with Gasteiger partial charge in [0.25, 0.3) is 0 Å². The maximum absolute atomic E-state index is 12.0. The Morgan fingerprint density at radius 3 is 2.52 bits per heavy atom. The molecule has 21 heavy (non-hydrogen) atoms. The summed E-state index contributed by atoms with van der Waals surface area (Å²) >= 11 is 0. The number of nitrogens with zero attached hydrogens (tertiary/aromatic N) is 1. The van der Waals surface area contributed by atoms with Crippen molar-refractivity contribution in [3.05, 3.63) is 35.9 Å². The lowest BCUT2D eigenvalue weighted by atomic mass is 10.2. The third kappa shape index (κ3) is 3.93. The summed E-state index contributed by atoms with van der Waals surface area (Å²) in [5.41, 5.74) is 0.858. The number of carbonyl (C=O) groups excluding carboxylic acids is 1. The molecular formula is C13H18N2O5S. The van der Waals surface area contributed by atoms with E-state index >= 15 is 0 Å². The lowest BCUT2D eigenvalue weighted by Crippen LogP contribution is -2.38. The maximum Gasteiger partial charge on any atom is 0.410 e. The van der Waals surface area contributed by atoms with Crippen molar-refractivity contribution >= 4 is 16.1 Å². The molecule has 1 aromatic rings. The Hall–Kier alpha value is -1.64. The number of nitrogens with two attached hydrogens (primary N) is 1. The normalized spacial score (nSPS) is 22.3. The molecule has 1 aliphatic rings. The first kappa shape index (κ1) is 15.7. The average molecular weight is 314 g/mol. The Balaban J connectivity index is 1.95. The van der Waals surface area contributed by atoms with Gasteiger partial charge in [-0.15, -0.1) is 0 Å². The highest BCUT2D eigenvalue weighted by Gasteiger charge is 2.42. The van der Waals surface area contributed by atoms with Gasteiger partial charge in [-0.05, 0) is 5.56 Å². The van der Waals surface area contributed by atoms with Gasteiger partial charge in [-0.3, -0.25) is 0 Å². The lowest BCUT2D eigenvalue weighted by molar-refractivity contribution is 0.0851. The van der Waals surface area contributed by atoms with Crippen LogP contribution in [0.4, 0.5) is 4.79 Å². The Morgan fingerprint density at radius 1 is 1.33 bits per heavy atom.